The van der Waals surface area contributed by atoms with Crippen LogP contribution in [0.3, 0.4) is 0 Å². The maximum absolute atomic E-state index is 12.9. The summed E-state index contributed by atoms with van der Waals surface area (Å²) in [4.78, 5) is 23.3. The molecule has 1 aliphatic heterocycles. The minimum absolute atomic E-state index is 0.0622. The Morgan fingerprint density at radius 3 is 2.57 bits per heavy atom. The van der Waals surface area contributed by atoms with Crippen molar-refractivity contribution in [3.8, 4) is 5.75 Å². The summed E-state index contributed by atoms with van der Waals surface area (Å²) >= 11 is 0. The molecule has 0 spiro atoms. The second-order valence-electron chi connectivity index (χ2n) is 6.92. The Kier molecular flexibility index (Phi) is 4.93. The molecule has 0 saturated heterocycles. The molecule has 4 rings (SSSR count). The van der Waals surface area contributed by atoms with Gasteiger partial charge in [-0.25, -0.2) is 9.97 Å². The third kappa shape index (κ3) is 3.67. The van der Waals surface area contributed by atoms with Gasteiger partial charge in [-0.3, -0.25) is 4.79 Å². The van der Waals surface area contributed by atoms with Crippen LogP contribution in [0.25, 0.3) is 0 Å². The first kappa shape index (κ1) is 18.0. The summed E-state index contributed by atoms with van der Waals surface area (Å²) in [5, 5.41) is 3.16. The zero-order valence-corrected chi connectivity index (χ0v) is 15.9. The van der Waals surface area contributed by atoms with E-state index in [2.05, 4.69) is 21.4 Å². The second-order valence-corrected chi connectivity index (χ2v) is 6.92. The van der Waals surface area contributed by atoms with Crippen molar-refractivity contribution in [2.24, 2.45) is 0 Å². The molecule has 2 heterocycles. The maximum atomic E-state index is 12.9. The van der Waals surface area contributed by atoms with Crippen LogP contribution < -0.4 is 15.0 Å². The van der Waals surface area contributed by atoms with Crippen LogP contribution in [-0.4, -0.2) is 28.5 Å². The van der Waals surface area contributed by atoms with Crippen molar-refractivity contribution in [1.29, 1.82) is 0 Å². The fourth-order valence-electron chi connectivity index (χ4n) is 3.26. The Balaban J connectivity index is 1.50. The lowest BCUT2D eigenvalue weighted by molar-refractivity contribution is 0.0988. The summed E-state index contributed by atoms with van der Waals surface area (Å²) in [5.41, 5.74) is 3.41. The first-order chi connectivity index (χ1) is 13.6. The molecule has 2 aromatic carbocycles. The van der Waals surface area contributed by atoms with Gasteiger partial charge in [0.15, 0.2) is 0 Å². The predicted molar refractivity (Wildman–Crippen MR) is 109 cm³/mol. The highest BCUT2D eigenvalue weighted by atomic mass is 16.5. The summed E-state index contributed by atoms with van der Waals surface area (Å²) < 4.78 is 5.80. The van der Waals surface area contributed by atoms with E-state index >= 15 is 0 Å². The minimum atomic E-state index is -0.0833. The molecule has 0 atom stereocenters. The minimum Gasteiger partial charge on any atom is -0.489 e. The third-order valence-electron chi connectivity index (χ3n) is 4.53. The smallest absolute Gasteiger partial charge is 0.261 e. The molecule has 0 aliphatic carbocycles. The predicted octanol–water partition coefficient (Wildman–Crippen LogP) is 4.21. The van der Waals surface area contributed by atoms with Crippen LogP contribution in [0.15, 0.2) is 60.9 Å². The largest absolute Gasteiger partial charge is 0.489 e. The van der Waals surface area contributed by atoms with Crippen molar-refractivity contribution < 1.29 is 9.53 Å². The summed E-state index contributed by atoms with van der Waals surface area (Å²) in [6.45, 7) is 4.63. The average Bonchev–Trinajstić information content (AvgIpc) is 3.13. The topological polar surface area (TPSA) is 67.3 Å². The van der Waals surface area contributed by atoms with Gasteiger partial charge in [0.2, 0.25) is 5.95 Å². The number of hydrogen-bond acceptors (Lipinski definition) is 5. The van der Waals surface area contributed by atoms with Gasteiger partial charge in [-0.15, -0.1) is 0 Å². The number of rotatable bonds is 5. The van der Waals surface area contributed by atoms with Crippen LogP contribution in [-0.2, 0) is 6.42 Å². The van der Waals surface area contributed by atoms with Gasteiger partial charge < -0.3 is 15.0 Å². The monoisotopic (exact) mass is 374 g/mol. The normalized spacial score (nSPS) is 12.8. The first-order valence-corrected chi connectivity index (χ1v) is 9.36. The number of ether oxygens (including phenoxy) is 1. The maximum Gasteiger partial charge on any atom is 0.261 e. The molecular weight excluding hydrogens is 352 g/mol. The van der Waals surface area contributed by atoms with Gasteiger partial charge in [0, 0.05) is 24.6 Å². The number of amides is 1. The zero-order chi connectivity index (χ0) is 19.5. The molecule has 1 aromatic heterocycles. The molecule has 1 aliphatic rings. The van der Waals surface area contributed by atoms with Crippen molar-refractivity contribution in [3.63, 3.8) is 0 Å². The Bertz CT molecular complexity index is 986. The highest BCUT2D eigenvalue weighted by Crippen LogP contribution is 2.29. The SMILES string of the molecule is CC(C)Oc1ccccc1Nc1ncc(C(=O)N2CCc3ccccc32)cn1. The number of benzene rings is 2. The number of para-hydroxylation sites is 3. The van der Waals surface area contributed by atoms with E-state index in [1.54, 1.807) is 17.3 Å². The number of nitrogens with zero attached hydrogens (tertiary/aromatic N) is 3. The van der Waals surface area contributed by atoms with E-state index in [9.17, 15) is 4.79 Å². The van der Waals surface area contributed by atoms with Crippen molar-refractivity contribution in [3.05, 3.63) is 72.1 Å². The molecule has 28 heavy (non-hydrogen) atoms. The molecule has 1 N–H and O–H groups in total. The van der Waals surface area contributed by atoms with Gasteiger partial charge in [0.25, 0.3) is 5.91 Å². The van der Waals surface area contributed by atoms with Crippen LogP contribution in [0.2, 0.25) is 0 Å². The van der Waals surface area contributed by atoms with E-state index < -0.39 is 0 Å². The fraction of sp³-hybridized carbons (Fsp3) is 0.227. The number of carbonyl (C=O) groups excluding carboxylic acids is 1. The van der Waals surface area contributed by atoms with Gasteiger partial charge in [-0.05, 0) is 44.0 Å². The van der Waals surface area contributed by atoms with E-state index in [1.165, 1.54) is 5.56 Å². The number of aromatic nitrogens is 2. The standard InChI is InChI=1S/C22H22N4O2/c1-15(2)28-20-10-6-4-8-18(20)25-22-23-13-17(14-24-22)21(27)26-12-11-16-7-3-5-9-19(16)26/h3-10,13-15H,11-12H2,1-2H3,(H,23,24,25). The van der Waals surface area contributed by atoms with Crippen LogP contribution in [0.5, 0.6) is 5.75 Å². The van der Waals surface area contributed by atoms with Crippen LogP contribution in [0, 0.1) is 0 Å². The van der Waals surface area contributed by atoms with E-state index in [1.807, 2.05) is 56.3 Å². The van der Waals surface area contributed by atoms with Crippen molar-refractivity contribution >= 4 is 23.2 Å². The summed E-state index contributed by atoms with van der Waals surface area (Å²) in [5.74, 6) is 1.06. The van der Waals surface area contributed by atoms with Crippen molar-refractivity contribution in [2.45, 2.75) is 26.4 Å². The Morgan fingerprint density at radius 2 is 1.79 bits per heavy atom. The zero-order valence-electron chi connectivity index (χ0n) is 15.9. The second kappa shape index (κ2) is 7.68. The average molecular weight is 374 g/mol. The lowest BCUT2D eigenvalue weighted by atomic mass is 10.2. The van der Waals surface area contributed by atoms with Crippen LogP contribution in [0.4, 0.5) is 17.3 Å². The van der Waals surface area contributed by atoms with Gasteiger partial charge in [-0.2, -0.15) is 0 Å². The molecule has 6 nitrogen and oxygen atoms in total. The van der Waals surface area contributed by atoms with Crippen LogP contribution >= 0.6 is 0 Å². The number of nitrogens with one attached hydrogen (secondary N) is 1. The summed E-state index contributed by atoms with van der Waals surface area (Å²) in [6, 6.07) is 15.6. The summed E-state index contributed by atoms with van der Waals surface area (Å²) in [6.07, 6.45) is 4.05. The van der Waals surface area contributed by atoms with E-state index in [-0.39, 0.29) is 12.0 Å². The van der Waals surface area contributed by atoms with Gasteiger partial charge in [0.1, 0.15) is 5.75 Å². The Morgan fingerprint density at radius 1 is 1.07 bits per heavy atom. The molecule has 0 saturated carbocycles. The highest BCUT2D eigenvalue weighted by Gasteiger charge is 2.25. The Hall–Kier alpha value is -3.41. The molecule has 0 unspecified atom stereocenters. The first-order valence-electron chi connectivity index (χ1n) is 9.36. The van der Waals surface area contributed by atoms with Crippen LogP contribution in [0.1, 0.15) is 29.8 Å². The molecule has 3 aromatic rings. The van der Waals surface area contributed by atoms with E-state index in [4.69, 9.17) is 4.74 Å². The molecule has 142 valence electrons. The van der Waals surface area contributed by atoms with Gasteiger partial charge in [-0.1, -0.05) is 30.3 Å². The molecule has 6 heteroatoms. The van der Waals surface area contributed by atoms with E-state index in [0.29, 0.717) is 18.1 Å². The number of fused-ring (bicyclic) bond motifs is 1. The Labute approximate surface area is 164 Å². The molecular formula is C22H22N4O2. The van der Waals surface area contributed by atoms with Crippen molar-refractivity contribution in [2.75, 3.05) is 16.8 Å². The molecule has 0 fully saturated rings. The quantitative estimate of drug-likeness (QED) is 0.725. The van der Waals surface area contributed by atoms with Gasteiger partial charge in [0.05, 0.1) is 17.4 Å². The lowest BCUT2D eigenvalue weighted by Crippen LogP contribution is -2.29. The highest BCUT2D eigenvalue weighted by molar-refractivity contribution is 6.07. The fourth-order valence-corrected chi connectivity index (χ4v) is 3.26. The summed E-state index contributed by atoms with van der Waals surface area (Å²) in [7, 11) is 0. The molecule has 0 bridgehead atoms. The number of carbonyl (C=O) groups is 1. The van der Waals surface area contributed by atoms with E-state index in [0.717, 1.165) is 23.5 Å². The lowest BCUT2D eigenvalue weighted by Gasteiger charge is -2.17. The molecule has 0 radical (unpaired) electrons. The molecule has 1 amide bonds. The number of hydrogen-bond donors (Lipinski definition) is 1. The number of anilines is 3. The van der Waals surface area contributed by atoms with Gasteiger partial charge >= 0.3 is 0 Å². The third-order valence-corrected chi connectivity index (χ3v) is 4.53. The van der Waals surface area contributed by atoms with Crippen molar-refractivity contribution in [1.82, 2.24) is 9.97 Å².